The first-order valence-electron chi connectivity index (χ1n) is 8.47. The number of rotatable bonds is 5. The summed E-state index contributed by atoms with van der Waals surface area (Å²) in [5, 5.41) is 1.61. The molecule has 3 aromatic rings. The van der Waals surface area contributed by atoms with Crippen molar-refractivity contribution in [2.75, 3.05) is 28.4 Å². The maximum absolute atomic E-state index is 12.8. The summed E-state index contributed by atoms with van der Waals surface area (Å²) in [5.74, 6) is 1.13. The molecule has 0 aliphatic heterocycles. The summed E-state index contributed by atoms with van der Waals surface area (Å²) in [6, 6.07) is 13.4. The van der Waals surface area contributed by atoms with Crippen LogP contribution in [0.15, 0.2) is 42.5 Å². The van der Waals surface area contributed by atoms with Crippen LogP contribution in [0.5, 0.6) is 17.2 Å². The van der Waals surface area contributed by atoms with Gasteiger partial charge < -0.3 is 18.9 Å². The van der Waals surface area contributed by atoms with Gasteiger partial charge in [0.05, 0.1) is 28.4 Å². The molecule has 0 N–H and O–H groups in total. The third-order valence-corrected chi connectivity index (χ3v) is 4.54. The second kappa shape index (κ2) is 7.58. The maximum atomic E-state index is 12.8. The molecule has 0 saturated heterocycles. The van der Waals surface area contributed by atoms with Gasteiger partial charge in [-0.2, -0.15) is 0 Å². The Morgan fingerprint density at radius 3 is 2.00 bits per heavy atom. The third kappa shape index (κ3) is 3.05. The standard InChI is InChI=1S/C22H22O5/c1-13-10-11-16(17(12-13)24-2)18-19(22(23)27-5)21(26-4)15-9-7-6-8-14(15)20(18)25-3/h6-12H,1-5H3. The molecule has 0 aliphatic carbocycles. The Kier molecular flexibility index (Phi) is 5.21. The highest BCUT2D eigenvalue weighted by Gasteiger charge is 2.28. The molecular formula is C22H22O5. The van der Waals surface area contributed by atoms with Gasteiger partial charge in [-0.1, -0.05) is 36.4 Å². The quantitative estimate of drug-likeness (QED) is 0.616. The SMILES string of the molecule is COC(=O)c1c(-c2ccc(C)cc2OC)c(OC)c2ccccc2c1OC. The van der Waals surface area contributed by atoms with Gasteiger partial charge in [0.1, 0.15) is 22.8 Å². The van der Waals surface area contributed by atoms with E-state index in [9.17, 15) is 4.79 Å². The zero-order chi connectivity index (χ0) is 19.6. The van der Waals surface area contributed by atoms with Crippen LogP contribution in [-0.2, 0) is 4.74 Å². The number of methoxy groups -OCH3 is 4. The van der Waals surface area contributed by atoms with Crippen molar-refractivity contribution in [3.05, 3.63) is 53.6 Å². The number of benzene rings is 3. The highest BCUT2D eigenvalue weighted by molar-refractivity contribution is 6.12. The van der Waals surface area contributed by atoms with Crippen LogP contribution < -0.4 is 14.2 Å². The predicted molar refractivity (Wildman–Crippen MR) is 105 cm³/mol. The highest BCUT2D eigenvalue weighted by Crippen LogP contribution is 2.48. The van der Waals surface area contributed by atoms with Crippen molar-refractivity contribution in [2.45, 2.75) is 6.92 Å². The first kappa shape index (κ1) is 18.6. The molecule has 5 nitrogen and oxygen atoms in total. The molecule has 0 aliphatic rings. The van der Waals surface area contributed by atoms with E-state index in [1.165, 1.54) is 14.2 Å². The van der Waals surface area contributed by atoms with Crippen molar-refractivity contribution >= 4 is 16.7 Å². The Morgan fingerprint density at radius 2 is 1.44 bits per heavy atom. The molecule has 0 aromatic heterocycles. The van der Waals surface area contributed by atoms with E-state index in [0.29, 0.717) is 28.4 Å². The van der Waals surface area contributed by atoms with Crippen LogP contribution in [-0.4, -0.2) is 34.4 Å². The van der Waals surface area contributed by atoms with Gasteiger partial charge in [-0.15, -0.1) is 0 Å². The van der Waals surface area contributed by atoms with Crippen LogP contribution in [0.4, 0.5) is 0 Å². The Hall–Kier alpha value is -3.21. The molecule has 0 heterocycles. The fourth-order valence-corrected chi connectivity index (χ4v) is 3.36. The molecule has 0 saturated carbocycles. The van der Waals surface area contributed by atoms with Crippen LogP contribution in [0.25, 0.3) is 21.9 Å². The van der Waals surface area contributed by atoms with E-state index in [2.05, 4.69) is 0 Å². The van der Waals surface area contributed by atoms with E-state index in [-0.39, 0.29) is 0 Å². The van der Waals surface area contributed by atoms with Gasteiger partial charge in [-0.05, 0) is 18.6 Å². The highest BCUT2D eigenvalue weighted by atomic mass is 16.5. The van der Waals surface area contributed by atoms with Crippen LogP contribution in [0, 0.1) is 6.92 Å². The van der Waals surface area contributed by atoms with Gasteiger partial charge in [0.2, 0.25) is 0 Å². The normalized spacial score (nSPS) is 10.6. The topological polar surface area (TPSA) is 54.0 Å². The minimum Gasteiger partial charge on any atom is -0.496 e. The first-order chi connectivity index (χ1) is 13.1. The Morgan fingerprint density at radius 1 is 0.815 bits per heavy atom. The molecule has 0 bridgehead atoms. The minimum atomic E-state index is -0.506. The molecule has 0 fully saturated rings. The van der Waals surface area contributed by atoms with Gasteiger partial charge in [-0.25, -0.2) is 4.79 Å². The Bertz CT molecular complexity index is 1010. The lowest BCUT2D eigenvalue weighted by atomic mass is 9.91. The average molecular weight is 366 g/mol. The number of fused-ring (bicyclic) bond motifs is 1. The summed E-state index contributed by atoms with van der Waals surface area (Å²) >= 11 is 0. The lowest BCUT2D eigenvalue weighted by Crippen LogP contribution is -2.09. The Balaban J connectivity index is 2.56. The number of hydrogen-bond acceptors (Lipinski definition) is 5. The molecule has 0 unspecified atom stereocenters. The number of aryl methyl sites for hydroxylation is 1. The van der Waals surface area contributed by atoms with Gasteiger partial charge in [0.15, 0.2) is 0 Å². The van der Waals surface area contributed by atoms with E-state index in [4.69, 9.17) is 18.9 Å². The molecule has 0 atom stereocenters. The molecule has 0 amide bonds. The van der Waals surface area contributed by atoms with Crippen molar-refractivity contribution in [3.8, 4) is 28.4 Å². The number of hydrogen-bond donors (Lipinski definition) is 0. The van der Waals surface area contributed by atoms with E-state index < -0.39 is 5.97 Å². The van der Waals surface area contributed by atoms with E-state index >= 15 is 0 Å². The summed E-state index contributed by atoms with van der Waals surface area (Å²) in [6.45, 7) is 1.98. The Labute approximate surface area is 158 Å². The molecule has 0 spiro atoms. The first-order valence-corrected chi connectivity index (χ1v) is 8.47. The number of carbonyl (C=O) groups excluding carboxylic acids is 1. The second-order valence-corrected chi connectivity index (χ2v) is 6.06. The number of ether oxygens (including phenoxy) is 4. The minimum absolute atomic E-state index is 0.303. The van der Waals surface area contributed by atoms with Gasteiger partial charge in [0.25, 0.3) is 0 Å². The summed E-state index contributed by atoms with van der Waals surface area (Å²) in [5.41, 5.74) is 2.65. The largest absolute Gasteiger partial charge is 0.496 e. The fraction of sp³-hybridized carbons (Fsp3) is 0.227. The molecule has 27 heavy (non-hydrogen) atoms. The zero-order valence-corrected chi connectivity index (χ0v) is 16.1. The van der Waals surface area contributed by atoms with Crippen molar-refractivity contribution in [1.29, 1.82) is 0 Å². The summed E-state index contributed by atoms with van der Waals surface area (Å²) in [4.78, 5) is 12.8. The van der Waals surface area contributed by atoms with Crippen LogP contribution >= 0.6 is 0 Å². The van der Waals surface area contributed by atoms with E-state index in [1.54, 1.807) is 14.2 Å². The predicted octanol–water partition coefficient (Wildman–Crippen LogP) is 4.63. The van der Waals surface area contributed by atoms with E-state index in [1.807, 2.05) is 49.4 Å². The number of esters is 1. The van der Waals surface area contributed by atoms with E-state index in [0.717, 1.165) is 21.9 Å². The zero-order valence-electron chi connectivity index (χ0n) is 16.1. The van der Waals surface area contributed by atoms with Crippen molar-refractivity contribution in [2.24, 2.45) is 0 Å². The van der Waals surface area contributed by atoms with Crippen LogP contribution in [0.2, 0.25) is 0 Å². The molecule has 0 radical (unpaired) electrons. The summed E-state index contributed by atoms with van der Waals surface area (Å²) in [6.07, 6.45) is 0. The van der Waals surface area contributed by atoms with Gasteiger partial charge in [-0.3, -0.25) is 0 Å². The van der Waals surface area contributed by atoms with Crippen molar-refractivity contribution in [3.63, 3.8) is 0 Å². The van der Waals surface area contributed by atoms with Gasteiger partial charge >= 0.3 is 5.97 Å². The average Bonchev–Trinajstić information content (AvgIpc) is 2.71. The summed E-state index contributed by atoms with van der Waals surface area (Å²) in [7, 11) is 6.07. The maximum Gasteiger partial charge on any atom is 0.342 e. The molecular weight excluding hydrogens is 344 g/mol. The van der Waals surface area contributed by atoms with Crippen molar-refractivity contribution < 1.29 is 23.7 Å². The lowest BCUT2D eigenvalue weighted by Gasteiger charge is -2.21. The second-order valence-electron chi connectivity index (χ2n) is 6.06. The van der Waals surface area contributed by atoms with Crippen LogP contribution in [0.3, 0.4) is 0 Å². The third-order valence-electron chi connectivity index (χ3n) is 4.54. The molecule has 3 rings (SSSR count). The smallest absolute Gasteiger partial charge is 0.342 e. The molecule has 140 valence electrons. The lowest BCUT2D eigenvalue weighted by molar-refractivity contribution is 0.0598. The van der Waals surface area contributed by atoms with Gasteiger partial charge in [0, 0.05) is 21.9 Å². The van der Waals surface area contributed by atoms with Crippen LogP contribution in [0.1, 0.15) is 15.9 Å². The molecule has 5 heteroatoms. The molecule has 3 aromatic carbocycles. The monoisotopic (exact) mass is 366 g/mol. The number of carbonyl (C=O) groups is 1. The van der Waals surface area contributed by atoms with Crippen molar-refractivity contribution in [1.82, 2.24) is 0 Å². The fourth-order valence-electron chi connectivity index (χ4n) is 3.36. The summed E-state index contributed by atoms with van der Waals surface area (Å²) < 4.78 is 22.1.